The minimum absolute atomic E-state index is 0.0678. The van der Waals surface area contributed by atoms with E-state index < -0.39 is 95.8 Å². The summed E-state index contributed by atoms with van der Waals surface area (Å²) >= 11 is 0. The molecular formula is C27H30F7N3O8S2. The molecule has 2 N–H and O–H groups in total. The van der Waals surface area contributed by atoms with Crippen LogP contribution in [0.2, 0.25) is 0 Å². The summed E-state index contributed by atoms with van der Waals surface area (Å²) in [6.07, 6.45) is -13.8. The van der Waals surface area contributed by atoms with Gasteiger partial charge in [0.1, 0.15) is 17.7 Å². The van der Waals surface area contributed by atoms with Gasteiger partial charge in [-0.15, -0.1) is 0 Å². The molecule has 1 heterocycles. The summed E-state index contributed by atoms with van der Waals surface area (Å²) in [6, 6.07) is 4.05. The van der Waals surface area contributed by atoms with Crippen molar-refractivity contribution >= 4 is 43.4 Å². The van der Waals surface area contributed by atoms with Gasteiger partial charge < -0.3 is 9.47 Å². The molecule has 1 atom stereocenters. The number of halogens is 7. The molecule has 0 aliphatic carbocycles. The molecule has 3 rings (SSSR count). The lowest BCUT2D eigenvalue weighted by Crippen LogP contribution is -2.45. The molecule has 262 valence electrons. The maximum Gasteiger partial charge on any atom is 0.427 e. The maximum absolute atomic E-state index is 14.0. The summed E-state index contributed by atoms with van der Waals surface area (Å²) in [5.74, 6) is -2.96. The number of alkyl halides is 6. The van der Waals surface area contributed by atoms with E-state index in [-0.39, 0.29) is 23.9 Å². The van der Waals surface area contributed by atoms with Crippen LogP contribution >= 0.6 is 0 Å². The van der Waals surface area contributed by atoms with Crippen molar-refractivity contribution in [3.05, 3.63) is 47.8 Å². The van der Waals surface area contributed by atoms with Gasteiger partial charge in [-0.3, -0.25) is 19.1 Å². The number of carbonyl (C=O) groups is 2. The van der Waals surface area contributed by atoms with Gasteiger partial charge in [-0.1, -0.05) is 0 Å². The number of hydrogen-bond acceptors (Lipinski definition) is 8. The van der Waals surface area contributed by atoms with Crippen molar-refractivity contribution in [2.45, 2.75) is 81.2 Å². The fourth-order valence-electron chi connectivity index (χ4n) is 3.86. The Balaban J connectivity index is 2.00. The molecule has 0 aromatic heterocycles. The van der Waals surface area contributed by atoms with Gasteiger partial charge in [0.25, 0.3) is 10.0 Å². The van der Waals surface area contributed by atoms with Gasteiger partial charge in [0.05, 0.1) is 27.4 Å². The van der Waals surface area contributed by atoms with Crippen LogP contribution in [-0.4, -0.2) is 58.0 Å². The Bertz CT molecular complexity index is 1750. The molecule has 20 heteroatoms. The molecule has 2 aromatic carbocycles. The molecule has 0 radical (unpaired) electrons. The molecule has 1 aliphatic rings. The maximum atomic E-state index is 14.0. The highest BCUT2D eigenvalue weighted by Gasteiger charge is 2.51. The predicted molar refractivity (Wildman–Crippen MR) is 153 cm³/mol. The summed E-state index contributed by atoms with van der Waals surface area (Å²) in [6.45, 7) is 4.50. The van der Waals surface area contributed by atoms with Crippen LogP contribution in [0.5, 0.6) is 5.75 Å². The topological polar surface area (TPSA) is 148 Å². The standard InChI is InChI=1S/C27H30F7N3O8S2/c1-24(2,3)47(42,43)36-22(38)11-7-16-14-37(46(40,41)17-8-9-19(28)18(13-17)26(29,30)31)20-12-15(6-10-21(20)44-16)35-23(39)45-25(4,5)27(32,33)34/h6,8-10,12-13,16H,7,11,14H2,1-5H3,(H,35,39)(H,36,38). The van der Waals surface area contributed by atoms with E-state index >= 15 is 0 Å². The second-order valence-corrected chi connectivity index (χ2v) is 16.1. The highest BCUT2D eigenvalue weighted by molar-refractivity contribution is 7.93. The third-order valence-corrected chi connectivity index (χ3v) is 10.6. The number of ether oxygens (including phenoxy) is 2. The van der Waals surface area contributed by atoms with Gasteiger partial charge in [-0.2, -0.15) is 26.3 Å². The average Bonchev–Trinajstić information content (AvgIpc) is 2.89. The molecule has 0 spiro atoms. The summed E-state index contributed by atoms with van der Waals surface area (Å²) < 4.78 is 157. The van der Waals surface area contributed by atoms with Crippen molar-refractivity contribution in [3.63, 3.8) is 0 Å². The number of rotatable bonds is 8. The second-order valence-electron chi connectivity index (χ2n) is 11.8. The van der Waals surface area contributed by atoms with E-state index in [1.54, 1.807) is 0 Å². The molecule has 0 fully saturated rings. The number of benzene rings is 2. The molecule has 0 saturated heterocycles. The first kappa shape index (κ1) is 37.6. The number of nitrogens with one attached hydrogen (secondary N) is 2. The van der Waals surface area contributed by atoms with E-state index in [1.807, 2.05) is 10.0 Å². The number of anilines is 2. The molecule has 11 nitrogen and oxygen atoms in total. The van der Waals surface area contributed by atoms with Crippen LogP contribution in [0, 0.1) is 5.82 Å². The van der Waals surface area contributed by atoms with Gasteiger partial charge in [-0.25, -0.2) is 26.0 Å². The summed E-state index contributed by atoms with van der Waals surface area (Å²) in [7, 11) is -9.09. The van der Waals surface area contributed by atoms with E-state index in [4.69, 9.17) is 4.74 Å². The number of fused-ring (bicyclic) bond motifs is 1. The van der Waals surface area contributed by atoms with Crippen LogP contribution in [0.1, 0.15) is 53.0 Å². The number of sulfonamides is 2. The zero-order chi connectivity index (χ0) is 36.0. The molecule has 1 aliphatic heterocycles. The Kier molecular flexibility index (Phi) is 10.1. The van der Waals surface area contributed by atoms with Crippen LogP contribution in [0.25, 0.3) is 0 Å². The third-order valence-electron chi connectivity index (χ3n) is 6.75. The predicted octanol–water partition coefficient (Wildman–Crippen LogP) is 5.71. The van der Waals surface area contributed by atoms with Crippen molar-refractivity contribution in [1.29, 1.82) is 0 Å². The van der Waals surface area contributed by atoms with Crippen LogP contribution in [0.4, 0.5) is 46.9 Å². The SMILES string of the molecule is CC(C)(OC(=O)Nc1ccc2c(c1)N(S(=O)(=O)c1ccc(F)c(C(F)(F)F)c1)CC(CCC(=O)NS(=O)(=O)C(C)(C)C)O2)C(F)(F)F. The Morgan fingerprint density at radius 1 is 0.957 bits per heavy atom. The third kappa shape index (κ3) is 8.57. The van der Waals surface area contributed by atoms with Gasteiger partial charge >= 0.3 is 18.4 Å². The molecular weight excluding hydrogens is 691 g/mol. The van der Waals surface area contributed by atoms with Crippen molar-refractivity contribution in [2.75, 3.05) is 16.2 Å². The quantitative estimate of drug-likeness (QED) is 0.330. The smallest absolute Gasteiger partial charge is 0.427 e. The largest absolute Gasteiger partial charge is 0.486 e. The minimum Gasteiger partial charge on any atom is -0.486 e. The van der Waals surface area contributed by atoms with Crippen molar-refractivity contribution < 1.29 is 66.6 Å². The molecule has 1 unspecified atom stereocenters. The van der Waals surface area contributed by atoms with Crippen molar-refractivity contribution in [2.24, 2.45) is 0 Å². The number of amides is 2. The van der Waals surface area contributed by atoms with Gasteiger partial charge in [-0.05, 0) is 77.4 Å². The lowest BCUT2D eigenvalue weighted by Gasteiger charge is -2.36. The molecule has 2 aromatic rings. The molecule has 2 amide bonds. The summed E-state index contributed by atoms with van der Waals surface area (Å²) in [5.41, 5.74) is -5.51. The lowest BCUT2D eigenvalue weighted by molar-refractivity contribution is -0.242. The van der Waals surface area contributed by atoms with Crippen molar-refractivity contribution in [3.8, 4) is 5.75 Å². The zero-order valence-corrected chi connectivity index (χ0v) is 27.0. The van der Waals surface area contributed by atoms with Gasteiger partial charge in [0.2, 0.25) is 21.5 Å². The minimum atomic E-state index is -5.27. The fraction of sp³-hybridized carbons (Fsp3) is 0.481. The fourth-order valence-corrected chi connectivity index (χ4v) is 6.09. The normalized spacial score (nSPS) is 16.2. The number of carbonyl (C=O) groups excluding carboxylic acids is 2. The van der Waals surface area contributed by atoms with Gasteiger partial charge in [0, 0.05) is 12.1 Å². The van der Waals surface area contributed by atoms with Gasteiger partial charge in [0.15, 0.2) is 0 Å². The zero-order valence-electron chi connectivity index (χ0n) is 25.3. The Hall–Kier alpha value is -3.81. The van der Waals surface area contributed by atoms with E-state index in [0.717, 1.165) is 18.2 Å². The first-order valence-corrected chi connectivity index (χ1v) is 16.4. The Morgan fingerprint density at radius 2 is 1.57 bits per heavy atom. The van der Waals surface area contributed by atoms with Crippen LogP contribution < -0.4 is 19.1 Å². The summed E-state index contributed by atoms with van der Waals surface area (Å²) in [4.78, 5) is 23.7. The lowest BCUT2D eigenvalue weighted by atomic mass is 10.1. The van der Waals surface area contributed by atoms with E-state index in [9.17, 15) is 57.2 Å². The molecule has 47 heavy (non-hydrogen) atoms. The number of hydrogen-bond donors (Lipinski definition) is 2. The first-order chi connectivity index (χ1) is 21.2. The van der Waals surface area contributed by atoms with Crippen LogP contribution in [0.15, 0.2) is 41.3 Å². The van der Waals surface area contributed by atoms with Crippen molar-refractivity contribution in [1.82, 2.24) is 4.72 Å². The van der Waals surface area contributed by atoms with Crippen LogP contribution in [0.3, 0.4) is 0 Å². The summed E-state index contributed by atoms with van der Waals surface area (Å²) in [5, 5.41) is 2.01. The Labute approximate surface area is 265 Å². The first-order valence-electron chi connectivity index (χ1n) is 13.5. The highest BCUT2D eigenvalue weighted by Crippen LogP contribution is 2.41. The Morgan fingerprint density at radius 3 is 2.13 bits per heavy atom. The average molecular weight is 722 g/mol. The highest BCUT2D eigenvalue weighted by atomic mass is 32.2. The van der Waals surface area contributed by atoms with E-state index in [1.165, 1.54) is 20.8 Å². The molecule has 0 bridgehead atoms. The second kappa shape index (κ2) is 12.7. The van der Waals surface area contributed by atoms with E-state index in [2.05, 4.69) is 4.74 Å². The van der Waals surface area contributed by atoms with Crippen LogP contribution in [-0.2, 0) is 35.8 Å². The van der Waals surface area contributed by atoms with E-state index in [0.29, 0.717) is 30.3 Å². The number of nitrogens with zero attached hydrogens (tertiary/aromatic N) is 1. The monoisotopic (exact) mass is 721 g/mol. The molecule has 0 saturated carbocycles.